The van der Waals surface area contributed by atoms with Gasteiger partial charge in [-0.2, -0.15) is 10.5 Å². The van der Waals surface area contributed by atoms with Crippen molar-refractivity contribution in [3.8, 4) is 12.1 Å². The average Bonchev–Trinajstić information content (AvgIpc) is 2.27. The van der Waals surface area contributed by atoms with Crippen LogP contribution in [0.15, 0.2) is 30.9 Å². The first-order chi connectivity index (χ1) is 6.71. The Morgan fingerprint density at radius 2 is 1.64 bits per heavy atom. The minimum atomic E-state index is -0.0876. The molecule has 2 nitrogen and oxygen atoms in total. The van der Waals surface area contributed by atoms with Gasteiger partial charge in [0.1, 0.15) is 0 Å². The molecule has 0 fully saturated rings. The molecule has 0 N–H and O–H groups in total. The van der Waals surface area contributed by atoms with Gasteiger partial charge in [0.05, 0.1) is 23.3 Å². The van der Waals surface area contributed by atoms with Gasteiger partial charge < -0.3 is 0 Å². The van der Waals surface area contributed by atoms with Crippen LogP contribution < -0.4 is 0 Å². The van der Waals surface area contributed by atoms with Crippen molar-refractivity contribution in [2.24, 2.45) is 0 Å². The van der Waals surface area contributed by atoms with Crippen LogP contribution in [0.25, 0.3) is 0 Å². The number of hydrogen-bond acceptors (Lipinski definition) is 2. The smallest absolute Gasteiger partial charge is 0.0992 e. The third-order valence-electron chi connectivity index (χ3n) is 1.93. The Balaban J connectivity index is 3.27. The van der Waals surface area contributed by atoms with Crippen molar-refractivity contribution in [3.63, 3.8) is 0 Å². The lowest BCUT2D eigenvalue weighted by Gasteiger charge is -2.06. The van der Waals surface area contributed by atoms with Crippen molar-refractivity contribution in [2.75, 3.05) is 0 Å². The summed E-state index contributed by atoms with van der Waals surface area (Å²) in [7, 11) is 0. The van der Waals surface area contributed by atoms with E-state index in [1.807, 2.05) is 12.1 Å². The van der Waals surface area contributed by atoms with Gasteiger partial charge in [0, 0.05) is 5.92 Å². The molecule has 0 spiro atoms. The molecule has 1 rings (SSSR count). The van der Waals surface area contributed by atoms with Crippen LogP contribution in [0.3, 0.4) is 0 Å². The maximum atomic E-state index is 8.73. The lowest BCUT2D eigenvalue weighted by atomic mass is 9.97. The predicted molar refractivity (Wildman–Crippen MR) is 54.2 cm³/mol. The van der Waals surface area contributed by atoms with Gasteiger partial charge in [-0.25, -0.2) is 0 Å². The first-order valence-corrected chi connectivity index (χ1v) is 4.12. The highest BCUT2D eigenvalue weighted by Gasteiger charge is 2.04. The summed E-state index contributed by atoms with van der Waals surface area (Å²) in [4.78, 5) is 0. The summed E-state index contributed by atoms with van der Waals surface area (Å²) in [5, 5.41) is 17.5. The zero-order chi connectivity index (χ0) is 10.6. The first kappa shape index (κ1) is 10.0. The number of nitriles is 2. The third kappa shape index (κ3) is 2.00. The highest BCUT2D eigenvalue weighted by atomic mass is 14.3. The zero-order valence-corrected chi connectivity index (χ0v) is 7.70. The van der Waals surface area contributed by atoms with E-state index in [9.17, 15) is 0 Å². The largest absolute Gasteiger partial charge is 0.192 e. The van der Waals surface area contributed by atoms with E-state index < -0.39 is 0 Å². The Bertz CT molecular complexity index is 400. The highest BCUT2D eigenvalue weighted by Crippen LogP contribution is 2.18. The number of allylic oxidation sites excluding steroid dienone is 1. The summed E-state index contributed by atoms with van der Waals surface area (Å²) >= 11 is 0. The Kier molecular flexibility index (Phi) is 3.05. The fraction of sp³-hybridized carbons (Fsp3) is 0.0833. The van der Waals surface area contributed by atoms with Gasteiger partial charge in [-0.1, -0.05) is 6.08 Å². The Morgan fingerprint density at radius 3 is 2.00 bits per heavy atom. The lowest BCUT2D eigenvalue weighted by molar-refractivity contribution is 1.08. The second-order valence-electron chi connectivity index (χ2n) is 2.91. The maximum absolute atomic E-state index is 8.73. The van der Waals surface area contributed by atoms with Gasteiger partial charge in [0.15, 0.2) is 0 Å². The molecule has 0 saturated carbocycles. The van der Waals surface area contributed by atoms with Gasteiger partial charge >= 0.3 is 0 Å². The summed E-state index contributed by atoms with van der Waals surface area (Å²) in [5.41, 5.74) is 1.81. The molecule has 0 aliphatic heterocycles. The molecule has 0 bridgehead atoms. The van der Waals surface area contributed by atoms with E-state index >= 15 is 0 Å². The monoisotopic (exact) mass is 181 g/mol. The molecular weight excluding hydrogens is 172 g/mol. The standard InChI is InChI=1S/C12H9N2/c1-3-9(2)12-5-10(7-13)4-11(6-12)8-14/h3-6,9H,1-2H2. The van der Waals surface area contributed by atoms with Crippen molar-refractivity contribution < 1.29 is 0 Å². The van der Waals surface area contributed by atoms with Gasteiger partial charge in [-0.3, -0.25) is 0 Å². The van der Waals surface area contributed by atoms with Gasteiger partial charge in [-0.05, 0) is 30.7 Å². The molecule has 2 heteroatoms. The SMILES string of the molecule is [CH2]C(C=C)c1cc(C#N)cc(C#N)c1. The van der Waals surface area contributed by atoms with Crippen molar-refractivity contribution in [2.45, 2.75) is 5.92 Å². The van der Waals surface area contributed by atoms with Crippen molar-refractivity contribution in [3.05, 3.63) is 54.5 Å². The number of rotatable bonds is 2. The Labute approximate surface area is 83.7 Å². The van der Waals surface area contributed by atoms with Crippen LogP contribution in [-0.4, -0.2) is 0 Å². The summed E-state index contributed by atoms with van der Waals surface area (Å²) in [6.45, 7) is 7.46. The zero-order valence-electron chi connectivity index (χ0n) is 7.70. The first-order valence-electron chi connectivity index (χ1n) is 4.12. The quantitative estimate of drug-likeness (QED) is 0.658. The molecule has 1 atom stereocenters. The van der Waals surface area contributed by atoms with Crippen LogP contribution in [0.4, 0.5) is 0 Å². The number of hydrogen-bond donors (Lipinski definition) is 0. The predicted octanol–water partition coefficient (Wildman–Crippen LogP) is 2.53. The van der Waals surface area contributed by atoms with Crippen LogP contribution in [0.1, 0.15) is 22.6 Å². The number of nitrogens with zero attached hydrogens (tertiary/aromatic N) is 2. The van der Waals surface area contributed by atoms with E-state index in [1.54, 1.807) is 24.3 Å². The summed E-state index contributed by atoms with van der Waals surface area (Å²) < 4.78 is 0. The maximum Gasteiger partial charge on any atom is 0.0992 e. The second kappa shape index (κ2) is 4.25. The normalized spacial score (nSPS) is 11.1. The van der Waals surface area contributed by atoms with Crippen molar-refractivity contribution >= 4 is 0 Å². The van der Waals surface area contributed by atoms with Crippen LogP contribution in [0.5, 0.6) is 0 Å². The topological polar surface area (TPSA) is 47.6 Å². The summed E-state index contributed by atoms with van der Waals surface area (Å²) in [5.74, 6) is -0.0876. The van der Waals surface area contributed by atoms with Crippen LogP contribution in [0, 0.1) is 29.6 Å². The molecule has 0 amide bonds. The summed E-state index contributed by atoms with van der Waals surface area (Å²) in [6.07, 6.45) is 1.68. The fourth-order valence-electron chi connectivity index (χ4n) is 1.13. The molecule has 0 heterocycles. The molecule has 0 aromatic heterocycles. The van der Waals surface area contributed by atoms with E-state index in [-0.39, 0.29) is 5.92 Å². The van der Waals surface area contributed by atoms with E-state index in [1.165, 1.54) is 0 Å². The Hall–Kier alpha value is -2.06. The molecule has 0 saturated heterocycles. The molecule has 0 aliphatic rings. The molecule has 1 aromatic carbocycles. The van der Waals surface area contributed by atoms with Crippen LogP contribution in [-0.2, 0) is 0 Å². The minimum absolute atomic E-state index is 0.0876. The molecule has 1 aromatic rings. The van der Waals surface area contributed by atoms with Crippen molar-refractivity contribution in [1.82, 2.24) is 0 Å². The molecule has 1 radical (unpaired) electrons. The van der Waals surface area contributed by atoms with Gasteiger partial charge in [0.25, 0.3) is 0 Å². The van der Waals surface area contributed by atoms with Crippen LogP contribution in [0.2, 0.25) is 0 Å². The van der Waals surface area contributed by atoms with E-state index in [0.29, 0.717) is 11.1 Å². The molecule has 67 valence electrons. The molecule has 1 unspecified atom stereocenters. The minimum Gasteiger partial charge on any atom is -0.192 e. The van der Waals surface area contributed by atoms with Crippen molar-refractivity contribution in [1.29, 1.82) is 10.5 Å². The molecule has 0 aliphatic carbocycles. The third-order valence-corrected chi connectivity index (χ3v) is 1.93. The Morgan fingerprint density at radius 1 is 1.14 bits per heavy atom. The average molecular weight is 181 g/mol. The van der Waals surface area contributed by atoms with E-state index in [2.05, 4.69) is 13.5 Å². The fourth-order valence-corrected chi connectivity index (χ4v) is 1.13. The molecule has 14 heavy (non-hydrogen) atoms. The lowest BCUT2D eigenvalue weighted by Crippen LogP contribution is -1.92. The second-order valence-corrected chi connectivity index (χ2v) is 2.91. The van der Waals surface area contributed by atoms with Gasteiger partial charge in [-0.15, -0.1) is 6.58 Å². The van der Waals surface area contributed by atoms with E-state index in [0.717, 1.165) is 5.56 Å². The highest BCUT2D eigenvalue weighted by molar-refractivity contribution is 5.44. The summed E-state index contributed by atoms with van der Waals surface area (Å²) in [6, 6.07) is 9.02. The number of benzene rings is 1. The molecular formula is C12H9N2. The van der Waals surface area contributed by atoms with Gasteiger partial charge in [0.2, 0.25) is 0 Å². The van der Waals surface area contributed by atoms with E-state index in [4.69, 9.17) is 10.5 Å². The van der Waals surface area contributed by atoms with Crippen LogP contribution >= 0.6 is 0 Å².